The molecule has 6 nitrogen and oxygen atoms in total. The normalized spacial score (nSPS) is 10.8. The minimum atomic E-state index is -0.368. The quantitative estimate of drug-likeness (QED) is 0.664. The van der Waals surface area contributed by atoms with Crippen LogP contribution in [0.1, 0.15) is 16.8 Å². The van der Waals surface area contributed by atoms with Crippen molar-refractivity contribution >= 4 is 5.91 Å². The molecule has 2 heterocycles. The molecule has 0 atom stereocenters. The van der Waals surface area contributed by atoms with E-state index < -0.39 is 0 Å². The summed E-state index contributed by atoms with van der Waals surface area (Å²) in [6, 6.07) is 7.39. The van der Waals surface area contributed by atoms with Gasteiger partial charge >= 0.3 is 0 Å². The summed E-state index contributed by atoms with van der Waals surface area (Å²) < 4.78 is 28.6. The summed E-state index contributed by atoms with van der Waals surface area (Å²) >= 11 is 0. The maximum Gasteiger partial charge on any atom is 0.257 e. The lowest BCUT2D eigenvalue weighted by Gasteiger charge is -2.06. The molecule has 0 spiro atoms. The maximum absolute atomic E-state index is 13.2. The van der Waals surface area contributed by atoms with Gasteiger partial charge in [-0.25, -0.2) is 4.39 Å². The van der Waals surface area contributed by atoms with Crippen molar-refractivity contribution in [2.45, 2.75) is 6.42 Å². The van der Waals surface area contributed by atoms with E-state index in [-0.39, 0.29) is 17.3 Å². The minimum Gasteiger partial charge on any atom is -0.472 e. The van der Waals surface area contributed by atoms with Gasteiger partial charge in [-0.3, -0.25) is 4.79 Å². The van der Waals surface area contributed by atoms with Crippen LogP contribution in [0.4, 0.5) is 4.39 Å². The zero-order chi connectivity index (χ0) is 17.6. The summed E-state index contributed by atoms with van der Waals surface area (Å²) in [5.74, 6) is -0.391. The second-order valence-electron chi connectivity index (χ2n) is 5.36. The molecule has 0 saturated heterocycles. The van der Waals surface area contributed by atoms with E-state index in [0.29, 0.717) is 42.2 Å². The number of nitrogens with zero attached hydrogens (tertiary/aromatic N) is 1. The van der Waals surface area contributed by atoms with Gasteiger partial charge in [0.2, 0.25) is 0 Å². The van der Waals surface area contributed by atoms with E-state index in [1.165, 1.54) is 24.7 Å². The van der Waals surface area contributed by atoms with Crippen LogP contribution in [0, 0.1) is 5.82 Å². The van der Waals surface area contributed by atoms with E-state index in [1.807, 2.05) is 0 Å². The Morgan fingerprint density at radius 3 is 2.72 bits per heavy atom. The SMILES string of the molecule is COCCCNC(=O)c1c(-c2ccc(F)cc2)noc1-c1ccoc1. The third-order valence-corrected chi connectivity index (χ3v) is 3.63. The van der Waals surface area contributed by atoms with Crippen molar-refractivity contribution in [1.29, 1.82) is 0 Å². The van der Waals surface area contributed by atoms with Crippen molar-refractivity contribution in [2.75, 3.05) is 20.3 Å². The second kappa shape index (κ2) is 7.76. The highest BCUT2D eigenvalue weighted by atomic mass is 19.1. The fourth-order valence-corrected chi connectivity index (χ4v) is 2.40. The number of rotatable bonds is 7. The predicted octanol–water partition coefficient (Wildman–Crippen LogP) is 3.51. The van der Waals surface area contributed by atoms with Crippen LogP contribution in [-0.2, 0) is 4.74 Å². The first kappa shape index (κ1) is 16.9. The molecule has 0 saturated carbocycles. The number of benzene rings is 1. The maximum atomic E-state index is 13.2. The highest BCUT2D eigenvalue weighted by Crippen LogP contribution is 2.32. The molecular weight excluding hydrogens is 327 g/mol. The van der Waals surface area contributed by atoms with Crippen LogP contribution in [0.15, 0.2) is 51.8 Å². The molecule has 1 aromatic carbocycles. The molecule has 0 bridgehead atoms. The molecule has 2 aromatic heterocycles. The van der Waals surface area contributed by atoms with Gasteiger partial charge in [-0.15, -0.1) is 0 Å². The number of aromatic nitrogens is 1. The Balaban J connectivity index is 1.95. The number of carbonyl (C=O) groups excluding carboxylic acids is 1. The molecular formula is C18H17FN2O4. The number of amides is 1. The summed E-state index contributed by atoms with van der Waals surface area (Å²) in [7, 11) is 1.60. The van der Waals surface area contributed by atoms with Crippen LogP contribution in [0.25, 0.3) is 22.6 Å². The Bertz CT molecular complexity index is 825. The topological polar surface area (TPSA) is 77.5 Å². The van der Waals surface area contributed by atoms with E-state index in [9.17, 15) is 9.18 Å². The Morgan fingerprint density at radius 2 is 2.04 bits per heavy atom. The molecule has 0 aliphatic carbocycles. The predicted molar refractivity (Wildman–Crippen MR) is 88.4 cm³/mol. The van der Waals surface area contributed by atoms with E-state index in [0.717, 1.165) is 0 Å². The second-order valence-corrected chi connectivity index (χ2v) is 5.36. The fourth-order valence-electron chi connectivity index (χ4n) is 2.40. The Labute approximate surface area is 143 Å². The Hall–Kier alpha value is -2.93. The lowest BCUT2D eigenvalue weighted by molar-refractivity contribution is 0.0949. The molecule has 0 unspecified atom stereocenters. The molecule has 25 heavy (non-hydrogen) atoms. The number of nitrogens with one attached hydrogen (secondary N) is 1. The zero-order valence-electron chi connectivity index (χ0n) is 13.6. The van der Waals surface area contributed by atoms with Crippen molar-refractivity contribution < 1.29 is 22.9 Å². The van der Waals surface area contributed by atoms with Gasteiger partial charge in [0.05, 0.1) is 11.8 Å². The van der Waals surface area contributed by atoms with E-state index in [2.05, 4.69) is 10.5 Å². The Morgan fingerprint density at radius 1 is 1.24 bits per heavy atom. The van der Waals surface area contributed by atoms with Crippen molar-refractivity contribution in [3.8, 4) is 22.6 Å². The molecule has 0 fully saturated rings. The first-order valence-electron chi connectivity index (χ1n) is 7.76. The highest BCUT2D eigenvalue weighted by molar-refractivity contribution is 6.04. The summed E-state index contributed by atoms with van der Waals surface area (Å²) in [4.78, 5) is 12.7. The van der Waals surface area contributed by atoms with Gasteiger partial charge in [-0.1, -0.05) is 5.16 Å². The summed E-state index contributed by atoms with van der Waals surface area (Å²) in [6.07, 6.45) is 3.63. The number of hydrogen-bond donors (Lipinski definition) is 1. The molecule has 0 aliphatic rings. The third-order valence-electron chi connectivity index (χ3n) is 3.63. The number of furan rings is 1. The van der Waals surface area contributed by atoms with Gasteiger partial charge in [0.25, 0.3) is 5.91 Å². The monoisotopic (exact) mass is 344 g/mol. The molecule has 3 rings (SSSR count). The van der Waals surface area contributed by atoms with Gasteiger partial charge in [0.15, 0.2) is 5.76 Å². The van der Waals surface area contributed by atoms with E-state index in [1.54, 1.807) is 25.3 Å². The van der Waals surface area contributed by atoms with Crippen LogP contribution in [0.5, 0.6) is 0 Å². The molecule has 130 valence electrons. The van der Waals surface area contributed by atoms with Gasteiger partial charge in [0, 0.05) is 25.8 Å². The molecule has 1 amide bonds. The molecule has 0 aliphatic heterocycles. The Kier molecular flexibility index (Phi) is 5.25. The highest BCUT2D eigenvalue weighted by Gasteiger charge is 2.25. The van der Waals surface area contributed by atoms with E-state index in [4.69, 9.17) is 13.7 Å². The minimum absolute atomic E-state index is 0.283. The van der Waals surface area contributed by atoms with Gasteiger partial charge in [-0.05, 0) is 36.8 Å². The lowest BCUT2D eigenvalue weighted by atomic mass is 10.0. The molecule has 3 aromatic rings. The number of carbonyl (C=O) groups is 1. The molecule has 0 radical (unpaired) electrons. The average Bonchev–Trinajstić information content (AvgIpc) is 3.28. The van der Waals surface area contributed by atoms with Crippen molar-refractivity contribution in [3.05, 3.63) is 54.2 Å². The average molecular weight is 344 g/mol. The van der Waals surface area contributed by atoms with Crippen LogP contribution in [-0.4, -0.2) is 31.3 Å². The lowest BCUT2D eigenvalue weighted by Crippen LogP contribution is -2.25. The number of hydrogen-bond acceptors (Lipinski definition) is 5. The fraction of sp³-hybridized carbons (Fsp3) is 0.222. The van der Waals surface area contributed by atoms with E-state index >= 15 is 0 Å². The largest absolute Gasteiger partial charge is 0.472 e. The zero-order valence-corrected chi connectivity index (χ0v) is 13.6. The van der Waals surface area contributed by atoms with Crippen molar-refractivity contribution in [2.24, 2.45) is 0 Å². The van der Waals surface area contributed by atoms with Crippen LogP contribution >= 0.6 is 0 Å². The number of ether oxygens (including phenoxy) is 1. The first-order valence-corrected chi connectivity index (χ1v) is 7.76. The van der Waals surface area contributed by atoms with Crippen molar-refractivity contribution in [3.63, 3.8) is 0 Å². The van der Waals surface area contributed by atoms with Gasteiger partial charge in [-0.2, -0.15) is 0 Å². The number of methoxy groups -OCH3 is 1. The standard InChI is InChI=1S/C18H17FN2O4/c1-23-9-2-8-20-18(22)15-16(12-3-5-14(19)6-4-12)21-25-17(15)13-7-10-24-11-13/h3-7,10-11H,2,8-9H2,1H3,(H,20,22). The van der Waals surface area contributed by atoms with Gasteiger partial charge < -0.3 is 19.0 Å². The van der Waals surface area contributed by atoms with Crippen LogP contribution in [0.3, 0.4) is 0 Å². The summed E-state index contributed by atoms with van der Waals surface area (Å²) in [5.41, 5.74) is 1.82. The van der Waals surface area contributed by atoms with Crippen LogP contribution < -0.4 is 5.32 Å². The first-order chi connectivity index (χ1) is 12.2. The number of halogens is 1. The smallest absolute Gasteiger partial charge is 0.257 e. The third kappa shape index (κ3) is 3.77. The molecule has 1 N–H and O–H groups in total. The van der Waals surface area contributed by atoms with Crippen LogP contribution in [0.2, 0.25) is 0 Å². The van der Waals surface area contributed by atoms with Gasteiger partial charge in [0.1, 0.15) is 23.3 Å². The van der Waals surface area contributed by atoms with Crippen molar-refractivity contribution in [1.82, 2.24) is 10.5 Å². The summed E-state index contributed by atoms with van der Waals surface area (Å²) in [6.45, 7) is 0.995. The molecule has 7 heteroatoms. The summed E-state index contributed by atoms with van der Waals surface area (Å²) in [5, 5.41) is 6.83.